The van der Waals surface area contributed by atoms with E-state index in [1.807, 2.05) is 23.1 Å². The number of hydrogen-bond donors (Lipinski definition) is 2. The Morgan fingerprint density at radius 1 is 1.19 bits per heavy atom. The minimum Gasteiger partial charge on any atom is -0.354 e. The van der Waals surface area contributed by atoms with Crippen LogP contribution in [0.3, 0.4) is 0 Å². The van der Waals surface area contributed by atoms with E-state index in [0.717, 1.165) is 18.5 Å². The van der Waals surface area contributed by atoms with Gasteiger partial charge >= 0.3 is 0 Å². The first kappa shape index (κ1) is 18.9. The first-order valence-corrected chi connectivity index (χ1v) is 9.26. The minimum atomic E-state index is -0.296. The number of Topliss-reactive ketones (excluding diaryl/α,β-unsaturated/α-hetero) is 1. The number of carbonyl (C=O) groups excluding carboxylic acids is 3. The molecule has 0 fully saturated rings. The lowest BCUT2D eigenvalue weighted by Gasteiger charge is -2.29. The molecule has 1 aliphatic rings. The number of nitrogens with zero attached hydrogens (tertiary/aromatic N) is 1. The number of hydrogen-bond acceptors (Lipinski definition) is 3. The maximum Gasteiger partial charge on any atom is 0.268 e. The summed E-state index contributed by atoms with van der Waals surface area (Å²) in [7, 11) is 0. The van der Waals surface area contributed by atoms with Crippen LogP contribution in [0.15, 0.2) is 24.3 Å². The van der Waals surface area contributed by atoms with Gasteiger partial charge in [-0.1, -0.05) is 18.2 Å². The Bertz CT molecular complexity index is 898. The summed E-state index contributed by atoms with van der Waals surface area (Å²) < 4.78 is 0. The Hall–Kier alpha value is -2.89. The fraction of sp³-hybridized carbons (Fsp3) is 0.381. The Morgan fingerprint density at radius 3 is 2.63 bits per heavy atom. The van der Waals surface area contributed by atoms with Gasteiger partial charge in [-0.15, -0.1) is 0 Å². The molecule has 1 aliphatic heterocycles. The second-order valence-corrected chi connectivity index (χ2v) is 6.96. The van der Waals surface area contributed by atoms with Gasteiger partial charge < -0.3 is 15.2 Å². The van der Waals surface area contributed by atoms with Gasteiger partial charge in [-0.25, -0.2) is 0 Å². The quantitative estimate of drug-likeness (QED) is 0.797. The molecule has 0 saturated heterocycles. The van der Waals surface area contributed by atoms with Crippen LogP contribution in [0.5, 0.6) is 0 Å². The monoisotopic (exact) mass is 367 g/mol. The van der Waals surface area contributed by atoms with E-state index in [2.05, 4.69) is 16.4 Å². The number of H-pyrrole nitrogens is 1. The Labute approximate surface area is 159 Å². The molecule has 3 rings (SSSR count). The number of benzene rings is 1. The smallest absolute Gasteiger partial charge is 0.268 e. The number of aromatic amines is 1. The molecule has 6 nitrogen and oxygen atoms in total. The molecule has 0 saturated carbocycles. The highest BCUT2D eigenvalue weighted by Gasteiger charge is 2.23. The summed E-state index contributed by atoms with van der Waals surface area (Å²) in [6.45, 7) is 5.98. The Morgan fingerprint density at radius 2 is 1.93 bits per heavy atom. The fourth-order valence-corrected chi connectivity index (χ4v) is 3.80. The standard InChI is InChI=1S/C21H25N3O3/c1-13-19(15(3)25)14(2)23-20(13)21(27)22-11-10-18(26)24-12-6-8-16-7-4-5-9-17(16)24/h4-5,7,9,23H,6,8,10-12H2,1-3H3,(H,22,27). The van der Waals surface area contributed by atoms with Crippen molar-refractivity contribution in [3.05, 3.63) is 52.3 Å². The molecule has 0 radical (unpaired) electrons. The van der Waals surface area contributed by atoms with E-state index in [0.29, 0.717) is 29.1 Å². The van der Waals surface area contributed by atoms with Crippen LogP contribution in [0.2, 0.25) is 0 Å². The summed E-state index contributed by atoms with van der Waals surface area (Å²) in [5.74, 6) is -0.361. The molecule has 2 amide bonds. The fourth-order valence-electron chi connectivity index (χ4n) is 3.80. The van der Waals surface area contributed by atoms with Gasteiger partial charge in [0, 0.05) is 36.5 Å². The minimum absolute atomic E-state index is 0.00580. The van der Waals surface area contributed by atoms with Crippen LogP contribution in [0, 0.1) is 13.8 Å². The van der Waals surface area contributed by atoms with Crippen molar-refractivity contribution in [2.75, 3.05) is 18.0 Å². The van der Waals surface area contributed by atoms with Crippen molar-refractivity contribution in [2.24, 2.45) is 0 Å². The molecule has 27 heavy (non-hydrogen) atoms. The van der Waals surface area contributed by atoms with Crippen LogP contribution >= 0.6 is 0 Å². The summed E-state index contributed by atoms with van der Waals surface area (Å²) >= 11 is 0. The average molecular weight is 367 g/mol. The molecular weight excluding hydrogens is 342 g/mol. The van der Waals surface area contributed by atoms with E-state index < -0.39 is 0 Å². The SMILES string of the molecule is CC(=O)c1c(C)[nH]c(C(=O)NCCC(=O)N2CCCc3ccccc32)c1C. The van der Waals surface area contributed by atoms with Gasteiger partial charge in [0.05, 0.1) is 0 Å². The molecule has 0 atom stereocenters. The summed E-state index contributed by atoms with van der Waals surface area (Å²) in [6, 6.07) is 7.96. The van der Waals surface area contributed by atoms with Crippen molar-refractivity contribution in [2.45, 2.75) is 40.0 Å². The predicted octanol–water partition coefficient (Wildman–Crippen LogP) is 2.93. The van der Waals surface area contributed by atoms with Crippen molar-refractivity contribution >= 4 is 23.3 Å². The molecule has 1 aromatic carbocycles. The number of amides is 2. The molecule has 0 aliphatic carbocycles. The highest BCUT2D eigenvalue weighted by atomic mass is 16.2. The molecular formula is C21H25N3O3. The van der Waals surface area contributed by atoms with Crippen molar-refractivity contribution in [3.63, 3.8) is 0 Å². The first-order valence-electron chi connectivity index (χ1n) is 9.26. The third-order valence-electron chi connectivity index (χ3n) is 5.05. The largest absolute Gasteiger partial charge is 0.354 e. The normalized spacial score (nSPS) is 13.2. The number of anilines is 1. The summed E-state index contributed by atoms with van der Waals surface area (Å²) in [5, 5.41) is 2.78. The molecule has 0 spiro atoms. The van der Waals surface area contributed by atoms with Crippen LogP contribution in [-0.4, -0.2) is 35.7 Å². The lowest BCUT2D eigenvalue weighted by atomic mass is 10.0. The molecule has 142 valence electrons. The van der Waals surface area contributed by atoms with E-state index in [1.54, 1.807) is 13.8 Å². The topological polar surface area (TPSA) is 82.3 Å². The zero-order chi connectivity index (χ0) is 19.6. The van der Waals surface area contributed by atoms with E-state index in [1.165, 1.54) is 12.5 Å². The van der Waals surface area contributed by atoms with Crippen LogP contribution in [0.25, 0.3) is 0 Å². The molecule has 2 aromatic rings. The highest BCUT2D eigenvalue weighted by Crippen LogP contribution is 2.27. The van der Waals surface area contributed by atoms with Gasteiger partial charge in [-0.2, -0.15) is 0 Å². The van der Waals surface area contributed by atoms with E-state index in [9.17, 15) is 14.4 Å². The van der Waals surface area contributed by atoms with Crippen LogP contribution < -0.4 is 10.2 Å². The summed E-state index contributed by atoms with van der Waals surface area (Å²) in [5.41, 5.74) is 4.44. The van der Waals surface area contributed by atoms with Crippen LogP contribution in [0.1, 0.15) is 57.4 Å². The van der Waals surface area contributed by atoms with E-state index >= 15 is 0 Å². The average Bonchev–Trinajstić information content (AvgIpc) is 2.95. The summed E-state index contributed by atoms with van der Waals surface area (Å²) in [4.78, 5) is 41.5. The van der Waals surface area contributed by atoms with Gasteiger partial charge in [0.1, 0.15) is 5.69 Å². The maximum absolute atomic E-state index is 12.6. The second-order valence-electron chi connectivity index (χ2n) is 6.96. The molecule has 2 N–H and O–H groups in total. The number of para-hydroxylation sites is 1. The molecule has 2 heterocycles. The highest BCUT2D eigenvalue weighted by molar-refractivity contribution is 6.02. The number of fused-ring (bicyclic) bond motifs is 1. The third-order valence-corrected chi connectivity index (χ3v) is 5.05. The Kier molecular flexibility index (Phi) is 5.44. The molecule has 1 aromatic heterocycles. The van der Waals surface area contributed by atoms with Crippen molar-refractivity contribution in [1.82, 2.24) is 10.3 Å². The van der Waals surface area contributed by atoms with Crippen molar-refractivity contribution in [1.29, 1.82) is 0 Å². The zero-order valence-corrected chi connectivity index (χ0v) is 16.0. The van der Waals surface area contributed by atoms with Gasteiger partial charge in [0.2, 0.25) is 5.91 Å². The van der Waals surface area contributed by atoms with Crippen LogP contribution in [0.4, 0.5) is 5.69 Å². The van der Waals surface area contributed by atoms with Crippen molar-refractivity contribution in [3.8, 4) is 0 Å². The lowest BCUT2D eigenvalue weighted by molar-refractivity contribution is -0.118. The number of aryl methyl sites for hydroxylation is 2. The van der Waals surface area contributed by atoms with E-state index in [-0.39, 0.29) is 30.6 Å². The van der Waals surface area contributed by atoms with E-state index in [4.69, 9.17) is 0 Å². The van der Waals surface area contributed by atoms with Gasteiger partial charge in [-0.05, 0) is 50.8 Å². The van der Waals surface area contributed by atoms with Gasteiger partial charge in [0.15, 0.2) is 5.78 Å². The molecule has 6 heteroatoms. The van der Waals surface area contributed by atoms with Gasteiger partial charge in [-0.3, -0.25) is 14.4 Å². The zero-order valence-electron chi connectivity index (χ0n) is 16.0. The number of aromatic nitrogens is 1. The van der Waals surface area contributed by atoms with Gasteiger partial charge in [0.25, 0.3) is 5.91 Å². The predicted molar refractivity (Wildman–Crippen MR) is 104 cm³/mol. The maximum atomic E-state index is 12.6. The second kappa shape index (κ2) is 7.78. The van der Waals surface area contributed by atoms with Crippen molar-refractivity contribution < 1.29 is 14.4 Å². The number of nitrogens with one attached hydrogen (secondary N) is 2. The third kappa shape index (κ3) is 3.79. The molecule has 0 unspecified atom stereocenters. The van der Waals surface area contributed by atoms with Crippen LogP contribution in [-0.2, 0) is 11.2 Å². The lowest BCUT2D eigenvalue weighted by Crippen LogP contribution is -2.37. The number of carbonyl (C=O) groups is 3. The Balaban J connectivity index is 1.61. The number of rotatable bonds is 5. The molecule has 0 bridgehead atoms. The number of ketones is 1. The first-order chi connectivity index (χ1) is 12.9. The summed E-state index contributed by atoms with van der Waals surface area (Å²) in [6.07, 6.45) is 2.17.